The zero-order valence-electron chi connectivity index (χ0n) is 24.4. The standard InChI is InChI=1S/C27H56O3Si4/c1-12-15-23-26(21-13-2,31(6)7)29-34(30-33(10)11,25-19-17-16-18-20-25)27(22-14-3,24(4)5)28-32(8)9/h16-20,24,31-33H,12-15,21-23H2,1-11H3. The summed E-state index contributed by atoms with van der Waals surface area (Å²) in [5, 5.41) is 0.834. The molecule has 3 nitrogen and oxygen atoms in total. The fourth-order valence-electron chi connectivity index (χ4n) is 5.58. The first-order chi connectivity index (χ1) is 16.0. The second-order valence-electron chi connectivity index (χ2n) is 11.3. The Bertz CT molecular complexity index is 686. The van der Waals surface area contributed by atoms with E-state index in [9.17, 15) is 0 Å². The number of hydrogen-bond acceptors (Lipinski definition) is 3. The van der Waals surface area contributed by atoms with Gasteiger partial charge < -0.3 is 13.0 Å². The Balaban J connectivity index is 4.08. The maximum Gasteiger partial charge on any atom is 0.394 e. The summed E-state index contributed by atoms with van der Waals surface area (Å²) in [6, 6.07) is 11.1. The van der Waals surface area contributed by atoms with Crippen LogP contribution in [0.3, 0.4) is 0 Å². The molecule has 198 valence electrons. The van der Waals surface area contributed by atoms with Gasteiger partial charge in [-0.05, 0) is 56.6 Å². The first-order valence-corrected chi connectivity index (χ1v) is 24.3. The fourth-order valence-corrected chi connectivity index (χ4v) is 18.9. The summed E-state index contributed by atoms with van der Waals surface area (Å²) < 4.78 is 22.6. The van der Waals surface area contributed by atoms with E-state index in [0.717, 1.165) is 32.1 Å². The van der Waals surface area contributed by atoms with E-state index in [0.29, 0.717) is 5.92 Å². The lowest BCUT2D eigenvalue weighted by atomic mass is 10.0. The third kappa shape index (κ3) is 7.49. The molecule has 1 rings (SSSR count). The summed E-state index contributed by atoms with van der Waals surface area (Å²) in [5.41, 5.74) is 0. The van der Waals surface area contributed by atoms with Gasteiger partial charge in [0, 0.05) is 5.22 Å². The lowest BCUT2D eigenvalue weighted by Gasteiger charge is -2.56. The van der Waals surface area contributed by atoms with Crippen molar-refractivity contribution >= 4 is 40.6 Å². The van der Waals surface area contributed by atoms with Crippen LogP contribution in [0.1, 0.15) is 79.6 Å². The van der Waals surface area contributed by atoms with Crippen molar-refractivity contribution < 1.29 is 13.0 Å². The zero-order chi connectivity index (χ0) is 26.0. The highest BCUT2D eigenvalue weighted by atomic mass is 28.4. The highest BCUT2D eigenvalue weighted by Crippen LogP contribution is 2.44. The Labute approximate surface area is 218 Å². The third-order valence-electron chi connectivity index (χ3n) is 7.14. The maximum absolute atomic E-state index is 7.92. The van der Waals surface area contributed by atoms with Crippen LogP contribution in [0.5, 0.6) is 0 Å². The molecule has 0 saturated carbocycles. The summed E-state index contributed by atoms with van der Waals surface area (Å²) in [7, 11) is -7.07. The molecular formula is C27H56O3Si4. The molecule has 3 atom stereocenters. The molecule has 0 aliphatic rings. The quantitative estimate of drug-likeness (QED) is 0.202. The molecule has 0 bridgehead atoms. The SMILES string of the molecule is CCCCC(CCC)(O[Si](O[SiH](C)C)(c1ccccc1)C(CCC)(O[SiH](C)C)C(C)C)[SiH](C)C. The molecule has 0 N–H and O–H groups in total. The first kappa shape index (κ1) is 32.0. The van der Waals surface area contributed by atoms with Crippen LogP contribution >= 0.6 is 0 Å². The highest BCUT2D eigenvalue weighted by Gasteiger charge is 2.64. The van der Waals surface area contributed by atoms with Crippen LogP contribution < -0.4 is 5.19 Å². The van der Waals surface area contributed by atoms with Gasteiger partial charge >= 0.3 is 8.56 Å². The monoisotopic (exact) mass is 540 g/mol. The Morgan fingerprint density at radius 2 is 1.38 bits per heavy atom. The molecular weight excluding hydrogens is 485 g/mol. The third-order valence-corrected chi connectivity index (χ3v) is 18.4. The topological polar surface area (TPSA) is 27.7 Å². The molecule has 34 heavy (non-hydrogen) atoms. The van der Waals surface area contributed by atoms with Crippen molar-refractivity contribution in [1.82, 2.24) is 0 Å². The van der Waals surface area contributed by atoms with E-state index in [2.05, 4.69) is 104 Å². The molecule has 0 fully saturated rings. The van der Waals surface area contributed by atoms with Crippen LogP contribution in [-0.4, -0.2) is 45.9 Å². The fraction of sp³-hybridized carbons (Fsp3) is 0.778. The molecule has 0 amide bonds. The molecule has 0 radical (unpaired) electrons. The van der Waals surface area contributed by atoms with Gasteiger partial charge in [-0.1, -0.05) is 104 Å². The molecule has 0 heterocycles. The normalized spacial score (nSPS) is 17.9. The second kappa shape index (κ2) is 14.6. The van der Waals surface area contributed by atoms with Crippen LogP contribution in [0.2, 0.25) is 39.3 Å². The average molecular weight is 541 g/mol. The van der Waals surface area contributed by atoms with Gasteiger partial charge in [-0.25, -0.2) is 0 Å². The molecule has 1 aromatic rings. The van der Waals surface area contributed by atoms with Gasteiger partial charge in [0.25, 0.3) is 0 Å². The molecule has 0 aromatic heterocycles. The van der Waals surface area contributed by atoms with E-state index in [1.54, 1.807) is 0 Å². The zero-order valence-corrected chi connectivity index (χ0v) is 28.8. The van der Waals surface area contributed by atoms with Crippen LogP contribution in [-0.2, 0) is 13.0 Å². The minimum absolute atomic E-state index is 0.0636. The van der Waals surface area contributed by atoms with Gasteiger partial charge in [0.05, 0.1) is 8.80 Å². The molecule has 0 spiro atoms. The molecule has 0 saturated heterocycles. The van der Waals surface area contributed by atoms with Crippen molar-refractivity contribution in [2.75, 3.05) is 0 Å². The number of benzene rings is 1. The first-order valence-electron chi connectivity index (χ1n) is 14.1. The van der Waals surface area contributed by atoms with E-state index in [4.69, 9.17) is 13.0 Å². The van der Waals surface area contributed by atoms with Crippen LogP contribution in [0.25, 0.3) is 0 Å². The van der Waals surface area contributed by atoms with Crippen LogP contribution in [0, 0.1) is 5.92 Å². The van der Waals surface area contributed by atoms with Crippen molar-refractivity contribution in [1.29, 1.82) is 0 Å². The Morgan fingerprint density at radius 3 is 1.79 bits per heavy atom. The Kier molecular flexibility index (Phi) is 13.8. The summed E-state index contributed by atoms with van der Waals surface area (Å²) in [6.07, 6.45) is 7.90. The van der Waals surface area contributed by atoms with E-state index in [1.165, 1.54) is 18.0 Å². The molecule has 0 aliphatic carbocycles. The minimum atomic E-state index is -3.04. The van der Waals surface area contributed by atoms with Gasteiger partial charge in [-0.2, -0.15) is 0 Å². The highest BCUT2D eigenvalue weighted by molar-refractivity contribution is 6.89. The number of hydrogen-bond donors (Lipinski definition) is 0. The van der Waals surface area contributed by atoms with Crippen molar-refractivity contribution in [3.8, 4) is 0 Å². The predicted octanol–water partition coefficient (Wildman–Crippen LogP) is 6.84. The summed E-state index contributed by atoms with van der Waals surface area (Å²) >= 11 is 0. The maximum atomic E-state index is 7.92. The Hall–Kier alpha value is -0.0325. The molecule has 7 heteroatoms. The van der Waals surface area contributed by atoms with Crippen molar-refractivity contribution in [3.05, 3.63) is 30.3 Å². The van der Waals surface area contributed by atoms with Gasteiger partial charge in [-0.3, -0.25) is 0 Å². The molecule has 3 unspecified atom stereocenters. The smallest absolute Gasteiger partial charge is 0.394 e. The Morgan fingerprint density at radius 1 is 0.794 bits per heavy atom. The summed E-state index contributed by atoms with van der Waals surface area (Å²) in [4.78, 5) is 0. The van der Waals surface area contributed by atoms with E-state index in [1.807, 2.05) is 0 Å². The summed E-state index contributed by atoms with van der Waals surface area (Å²) in [5.74, 6) is 0.321. The van der Waals surface area contributed by atoms with Gasteiger partial charge in [0.2, 0.25) is 0 Å². The van der Waals surface area contributed by atoms with Crippen LogP contribution in [0.15, 0.2) is 30.3 Å². The lowest BCUT2D eigenvalue weighted by Crippen LogP contribution is -2.77. The van der Waals surface area contributed by atoms with E-state index >= 15 is 0 Å². The second-order valence-corrected chi connectivity index (χ2v) is 22.9. The predicted molar refractivity (Wildman–Crippen MR) is 161 cm³/mol. The molecule has 1 aromatic carbocycles. The van der Waals surface area contributed by atoms with Crippen molar-refractivity contribution in [2.45, 2.75) is 129 Å². The average Bonchev–Trinajstić information content (AvgIpc) is 2.76. The lowest BCUT2D eigenvalue weighted by molar-refractivity contribution is 0.00272. The van der Waals surface area contributed by atoms with Gasteiger partial charge in [0.1, 0.15) is 5.22 Å². The van der Waals surface area contributed by atoms with Crippen molar-refractivity contribution in [2.24, 2.45) is 5.92 Å². The largest absolute Gasteiger partial charge is 0.434 e. The van der Waals surface area contributed by atoms with E-state index in [-0.39, 0.29) is 10.4 Å². The van der Waals surface area contributed by atoms with Crippen molar-refractivity contribution in [3.63, 3.8) is 0 Å². The number of rotatable bonds is 17. The van der Waals surface area contributed by atoms with Gasteiger partial charge in [-0.15, -0.1) is 0 Å². The summed E-state index contributed by atoms with van der Waals surface area (Å²) in [6.45, 7) is 25.9. The van der Waals surface area contributed by atoms with Crippen LogP contribution in [0.4, 0.5) is 0 Å². The van der Waals surface area contributed by atoms with Gasteiger partial charge in [0.15, 0.2) is 18.1 Å². The van der Waals surface area contributed by atoms with E-state index < -0.39 is 35.4 Å². The minimum Gasteiger partial charge on any atom is -0.434 e. The number of unbranched alkanes of at least 4 members (excludes halogenated alkanes) is 1. The molecule has 0 aliphatic heterocycles.